The predicted molar refractivity (Wildman–Crippen MR) is 53.8 cm³/mol. The summed E-state index contributed by atoms with van der Waals surface area (Å²) >= 11 is 5.62. The summed E-state index contributed by atoms with van der Waals surface area (Å²) in [4.78, 5) is 0.132. The van der Waals surface area contributed by atoms with Crippen molar-refractivity contribution in [2.45, 2.75) is 17.7 Å². The minimum atomic E-state index is -3.65. The van der Waals surface area contributed by atoms with Crippen LogP contribution in [0, 0.1) is 6.92 Å². The molecule has 0 saturated heterocycles. The van der Waals surface area contributed by atoms with Crippen LogP contribution in [0.5, 0.6) is 0 Å². The average molecular weight is 239 g/mol. The molecule has 0 saturated carbocycles. The lowest BCUT2D eigenvalue weighted by Gasteiger charge is -2.05. The first-order valence-corrected chi connectivity index (χ1v) is 6.40. The Kier molecular flexibility index (Phi) is 3.22. The van der Waals surface area contributed by atoms with E-state index in [4.69, 9.17) is 22.3 Å². The van der Waals surface area contributed by atoms with E-state index in [9.17, 15) is 8.42 Å². The first kappa shape index (κ1) is 10.8. The lowest BCUT2D eigenvalue weighted by atomic mass is 10.1. The van der Waals surface area contributed by atoms with Gasteiger partial charge in [-0.3, -0.25) is 0 Å². The number of hydrogen-bond donors (Lipinski definition) is 0. The fraction of sp³-hybridized carbons (Fsp3) is 0.250. The Labute approximate surface area is 86.9 Å². The second-order valence-corrected chi connectivity index (χ2v) is 5.41. The van der Waals surface area contributed by atoms with E-state index in [2.05, 4.69) is 0 Å². The Morgan fingerprint density at radius 1 is 1.38 bits per heavy atom. The van der Waals surface area contributed by atoms with E-state index in [0.29, 0.717) is 5.56 Å². The molecule has 5 heteroatoms. The van der Waals surface area contributed by atoms with E-state index in [1.54, 1.807) is 19.1 Å². The summed E-state index contributed by atoms with van der Waals surface area (Å²) < 4.78 is 22.1. The maximum Gasteiger partial charge on any atom is 0.261 e. The summed E-state index contributed by atoms with van der Waals surface area (Å²) in [6.07, 6.45) is 0. The van der Waals surface area contributed by atoms with E-state index < -0.39 is 9.05 Å². The molecule has 0 bridgehead atoms. The van der Waals surface area contributed by atoms with Gasteiger partial charge in [0.05, 0.1) is 4.90 Å². The molecule has 0 atom stereocenters. The van der Waals surface area contributed by atoms with Gasteiger partial charge in [0.25, 0.3) is 9.05 Å². The van der Waals surface area contributed by atoms with Crippen LogP contribution in [0.2, 0.25) is 0 Å². The molecule has 0 heterocycles. The highest BCUT2D eigenvalue weighted by Crippen LogP contribution is 2.23. The summed E-state index contributed by atoms with van der Waals surface area (Å²) in [6, 6.07) is 4.86. The molecule has 0 radical (unpaired) electrons. The molecular formula is C8H8Cl2O2S. The van der Waals surface area contributed by atoms with Crippen LogP contribution in [-0.4, -0.2) is 8.42 Å². The minimum absolute atomic E-state index is 0.132. The molecule has 1 rings (SSSR count). The lowest BCUT2D eigenvalue weighted by Crippen LogP contribution is -1.97. The number of halogens is 2. The zero-order chi connectivity index (χ0) is 10.1. The highest BCUT2D eigenvalue weighted by atomic mass is 35.7. The number of rotatable bonds is 2. The highest BCUT2D eigenvalue weighted by molar-refractivity contribution is 8.13. The fourth-order valence-corrected chi connectivity index (χ4v) is 2.60. The van der Waals surface area contributed by atoms with Crippen LogP contribution >= 0.6 is 22.3 Å². The van der Waals surface area contributed by atoms with E-state index >= 15 is 0 Å². The zero-order valence-electron chi connectivity index (χ0n) is 6.92. The van der Waals surface area contributed by atoms with Crippen LogP contribution in [-0.2, 0) is 14.9 Å². The normalized spacial score (nSPS) is 11.6. The zero-order valence-corrected chi connectivity index (χ0v) is 9.25. The molecule has 0 unspecified atom stereocenters. The van der Waals surface area contributed by atoms with Crippen molar-refractivity contribution in [1.82, 2.24) is 0 Å². The Morgan fingerprint density at radius 3 is 2.46 bits per heavy atom. The molecule has 2 nitrogen and oxygen atoms in total. The van der Waals surface area contributed by atoms with Crippen molar-refractivity contribution in [2.75, 3.05) is 0 Å². The van der Waals surface area contributed by atoms with Crippen molar-refractivity contribution in [3.63, 3.8) is 0 Å². The smallest absolute Gasteiger partial charge is 0.207 e. The van der Waals surface area contributed by atoms with E-state index in [-0.39, 0.29) is 10.8 Å². The maximum absolute atomic E-state index is 11.0. The monoisotopic (exact) mass is 238 g/mol. The third kappa shape index (κ3) is 2.36. The van der Waals surface area contributed by atoms with Crippen LogP contribution in [0.15, 0.2) is 23.1 Å². The van der Waals surface area contributed by atoms with Crippen LogP contribution in [0.4, 0.5) is 0 Å². The number of hydrogen-bond acceptors (Lipinski definition) is 2. The van der Waals surface area contributed by atoms with Crippen LogP contribution < -0.4 is 0 Å². The second kappa shape index (κ2) is 3.86. The van der Waals surface area contributed by atoms with Gasteiger partial charge in [0.2, 0.25) is 0 Å². The Balaban J connectivity index is 3.41. The molecule has 1 aromatic carbocycles. The molecule has 0 aliphatic carbocycles. The molecule has 0 spiro atoms. The molecule has 0 N–H and O–H groups in total. The van der Waals surface area contributed by atoms with Gasteiger partial charge in [0, 0.05) is 16.6 Å². The van der Waals surface area contributed by atoms with Gasteiger partial charge in [-0.25, -0.2) is 8.42 Å². The molecule has 72 valence electrons. The Hall–Kier alpha value is -0.250. The van der Waals surface area contributed by atoms with Gasteiger partial charge in [-0.05, 0) is 24.1 Å². The molecule has 0 aromatic heterocycles. The van der Waals surface area contributed by atoms with Gasteiger partial charge in [-0.15, -0.1) is 11.6 Å². The second-order valence-electron chi connectivity index (χ2n) is 2.61. The predicted octanol–water partition coefficient (Wildman–Crippen LogP) is 2.66. The van der Waals surface area contributed by atoms with Crippen molar-refractivity contribution < 1.29 is 8.42 Å². The van der Waals surface area contributed by atoms with E-state index in [0.717, 1.165) is 5.56 Å². The van der Waals surface area contributed by atoms with Crippen LogP contribution in [0.3, 0.4) is 0 Å². The lowest BCUT2D eigenvalue weighted by molar-refractivity contribution is 0.609. The number of benzene rings is 1. The summed E-state index contributed by atoms with van der Waals surface area (Å²) in [5, 5.41) is 0. The maximum atomic E-state index is 11.0. The Bertz CT molecular complexity index is 412. The van der Waals surface area contributed by atoms with Gasteiger partial charge in [0.15, 0.2) is 0 Å². The molecule has 1 aromatic rings. The minimum Gasteiger partial charge on any atom is -0.207 e. The Morgan fingerprint density at radius 2 is 2.00 bits per heavy atom. The van der Waals surface area contributed by atoms with Gasteiger partial charge in [-0.1, -0.05) is 12.1 Å². The third-order valence-electron chi connectivity index (χ3n) is 1.80. The van der Waals surface area contributed by atoms with Gasteiger partial charge >= 0.3 is 0 Å². The molecule has 0 aliphatic rings. The summed E-state index contributed by atoms with van der Waals surface area (Å²) in [7, 11) is 1.57. The summed E-state index contributed by atoms with van der Waals surface area (Å²) in [5.41, 5.74) is 1.40. The molecule has 0 amide bonds. The van der Waals surface area contributed by atoms with Crippen molar-refractivity contribution in [2.24, 2.45) is 0 Å². The quantitative estimate of drug-likeness (QED) is 0.587. The van der Waals surface area contributed by atoms with Gasteiger partial charge in [-0.2, -0.15) is 0 Å². The van der Waals surface area contributed by atoms with Gasteiger partial charge in [0.1, 0.15) is 0 Å². The third-order valence-corrected chi connectivity index (χ3v) is 3.56. The van der Waals surface area contributed by atoms with Crippen molar-refractivity contribution in [3.8, 4) is 0 Å². The van der Waals surface area contributed by atoms with Crippen LogP contribution in [0.25, 0.3) is 0 Å². The highest BCUT2D eigenvalue weighted by Gasteiger charge is 2.14. The number of alkyl halides is 1. The first-order valence-electron chi connectivity index (χ1n) is 3.56. The first-order chi connectivity index (χ1) is 5.96. The fourth-order valence-electron chi connectivity index (χ4n) is 1.07. The summed E-state index contributed by atoms with van der Waals surface area (Å²) in [6.45, 7) is 1.69. The summed E-state index contributed by atoms with van der Waals surface area (Å²) in [5.74, 6) is 0.284. The molecule has 0 aliphatic heterocycles. The SMILES string of the molecule is Cc1c(CCl)cccc1S(=O)(=O)Cl. The largest absolute Gasteiger partial charge is 0.261 e. The van der Waals surface area contributed by atoms with Crippen molar-refractivity contribution in [1.29, 1.82) is 0 Å². The standard InChI is InChI=1S/C8H8Cl2O2S/c1-6-7(5-9)3-2-4-8(6)13(10,11)12/h2-4H,5H2,1H3. The molecule has 13 heavy (non-hydrogen) atoms. The van der Waals surface area contributed by atoms with Crippen molar-refractivity contribution in [3.05, 3.63) is 29.3 Å². The van der Waals surface area contributed by atoms with Crippen molar-refractivity contribution >= 4 is 31.3 Å². The topological polar surface area (TPSA) is 34.1 Å². The van der Waals surface area contributed by atoms with E-state index in [1.165, 1.54) is 6.07 Å². The van der Waals surface area contributed by atoms with Crippen LogP contribution in [0.1, 0.15) is 11.1 Å². The van der Waals surface area contributed by atoms with E-state index in [1.807, 2.05) is 0 Å². The van der Waals surface area contributed by atoms with Gasteiger partial charge < -0.3 is 0 Å². The average Bonchev–Trinajstić information content (AvgIpc) is 2.02. The molecular weight excluding hydrogens is 231 g/mol. The molecule has 0 fully saturated rings.